The van der Waals surface area contributed by atoms with E-state index >= 15 is 0 Å². The van der Waals surface area contributed by atoms with E-state index in [1.54, 1.807) is 0 Å². The first kappa shape index (κ1) is 14.1. The van der Waals surface area contributed by atoms with Gasteiger partial charge in [0.15, 0.2) is 0 Å². The summed E-state index contributed by atoms with van der Waals surface area (Å²) in [6.07, 6.45) is 0. The van der Waals surface area contributed by atoms with Gasteiger partial charge < -0.3 is 0 Å². The van der Waals surface area contributed by atoms with Crippen LogP contribution in [0.15, 0.2) is 24.3 Å². The molecule has 0 fully saturated rings. The van der Waals surface area contributed by atoms with E-state index in [2.05, 4.69) is 0 Å². The second-order valence-electron chi connectivity index (χ2n) is 1.75. The lowest BCUT2D eigenvalue weighted by atomic mass is 10.2. The summed E-state index contributed by atoms with van der Waals surface area (Å²) in [7, 11) is 0. The van der Waals surface area contributed by atoms with Crippen LogP contribution in [0.25, 0.3) is 0 Å². The van der Waals surface area contributed by atoms with Crippen LogP contribution < -0.4 is 0 Å². The number of rotatable bonds is 0. The average molecular weight is 187 g/mol. The molecule has 0 unspecified atom stereocenters. The molecular weight excluding hydrogens is 168 g/mol. The summed E-state index contributed by atoms with van der Waals surface area (Å²) in [6, 6.07) is 7.77. The van der Waals surface area contributed by atoms with Gasteiger partial charge in [0.2, 0.25) is 0 Å². The van der Waals surface area contributed by atoms with Gasteiger partial charge in [-0.25, -0.2) is 0 Å². The molecule has 1 aromatic carbocycles. The van der Waals surface area contributed by atoms with Gasteiger partial charge in [0.25, 0.3) is 0 Å². The van der Waals surface area contributed by atoms with Crippen molar-refractivity contribution in [1.29, 1.82) is 0 Å². The molecule has 0 spiro atoms. The fourth-order valence-electron chi connectivity index (χ4n) is 0.551. The molecule has 0 aromatic heterocycles. The van der Waals surface area contributed by atoms with Gasteiger partial charge in [0.1, 0.15) is 0 Å². The summed E-state index contributed by atoms with van der Waals surface area (Å²) in [4.78, 5) is 0. The molecule has 1 heteroatoms. The van der Waals surface area contributed by atoms with Gasteiger partial charge >= 0.3 is 0 Å². The molecule has 0 heterocycles. The predicted octanol–water partition coefficient (Wildman–Crippen LogP) is 4.70. The first-order valence-electron chi connectivity index (χ1n) is 4.52. The van der Waals surface area contributed by atoms with E-state index in [4.69, 9.17) is 11.6 Å². The second kappa shape index (κ2) is 10.5. The van der Waals surface area contributed by atoms with E-state index in [-0.39, 0.29) is 0 Å². The molecule has 0 N–H and O–H groups in total. The lowest BCUT2D eigenvalue weighted by molar-refractivity contribution is 1.47. The second-order valence-corrected chi connectivity index (χ2v) is 2.16. The third kappa shape index (κ3) is 6.23. The predicted molar refractivity (Wildman–Crippen MR) is 58.9 cm³/mol. The van der Waals surface area contributed by atoms with Gasteiger partial charge in [-0.15, -0.1) is 0 Å². The van der Waals surface area contributed by atoms with Crippen LogP contribution in [0, 0.1) is 6.92 Å². The Bertz CT molecular complexity index is 161. The molecule has 70 valence electrons. The van der Waals surface area contributed by atoms with Gasteiger partial charge in [0.05, 0.1) is 0 Å². The summed E-state index contributed by atoms with van der Waals surface area (Å²) in [5.74, 6) is 0. The zero-order chi connectivity index (χ0) is 9.98. The molecule has 0 atom stereocenters. The minimum atomic E-state index is 0.840. The maximum atomic E-state index is 5.71. The SMILES string of the molecule is CC.CC.Cc1ccccc1Cl. The first-order valence-corrected chi connectivity index (χ1v) is 4.89. The minimum absolute atomic E-state index is 0.840. The summed E-state index contributed by atoms with van der Waals surface area (Å²) < 4.78 is 0. The minimum Gasteiger partial charge on any atom is -0.0841 e. The first-order chi connectivity index (χ1) is 5.80. The zero-order valence-corrected chi connectivity index (χ0v) is 9.44. The molecule has 0 saturated heterocycles. The number of hydrogen-bond acceptors (Lipinski definition) is 0. The molecule has 0 nitrogen and oxygen atoms in total. The Morgan fingerprint density at radius 2 is 1.33 bits per heavy atom. The monoisotopic (exact) mass is 186 g/mol. The Labute approximate surface area is 81.6 Å². The zero-order valence-electron chi connectivity index (χ0n) is 8.69. The van der Waals surface area contributed by atoms with Gasteiger partial charge in [0, 0.05) is 5.02 Å². The van der Waals surface area contributed by atoms with Crippen molar-refractivity contribution >= 4 is 11.6 Å². The summed E-state index contributed by atoms with van der Waals surface area (Å²) in [5, 5.41) is 0.840. The van der Waals surface area contributed by atoms with Crippen LogP contribution in [0.4, 0.5) is 0 Å². The van der Waals surface area contributed by atoms with Crippen LogP contribution in [-0.2, 0) is 0 Å². The highest BCUT2D eigenvalue weighted by atomic mass is 35.5. The van der Waals surface area contributed by atoms with E-state index in [1.165, 1.54) is 0 Å². The van der Waals surface area contributed by atoms with Gasteiger partial charge in [-0.05, 0) is 18.6 Å². The highest BCUT2D eigenvalue weighted by Crippen LogP contribution is 2.11. The smallest absolute Gasteiger partial charge is 0.0435 e. The summed E-state index contributed by atoms with van der Waals surface area (Å²) in [6.45, 7) is 9.99. The summed E-state index contributed by atoms with van der Waals surface area (Å²) >= 11 is 5.71. The van der Waals surface area contributed by atoms with Crippen molar-refractivity contribution in [2.75, 3.05) is 0 Å². The van der Waals surface area contributed by atoms with Crippen molar-refractivity contribution in [3.63, 3.8) is 0 Å². The molecule has 0 radical (unpaired) electrons. The van der Waals surface area contributed by atoms with Gasteiger partial charge in [-0.1, -0.05) is 57.5 Å². The molecule has 0 aliphatic carbocycles. The highest BCUT2D eigenvalue weighted by Gasteiger charge is 1.86. The lowest BCUT2D eigenvalue weighted by Crippen LogP contribution is -1.68. The number of aryl methyl sites for hydroxylation is 1. The topological polar surface area (TPSA) is 0 Å². The molecule has 0 aliphatic heterocycles. The van der Waals surface area contributed by atoms with Crippen molar-refractivity contribution in [2.45, 2.75) is 34.6 Å². The van der Waals surface area contributed by atoms with Crippen LogP contribution in [-0.4, -0.2) is 0 Å². The number of benzene rings is 1. The van der Waals surface area contributed by atoms with E-state index in [0.717, 1.165) is 10.6 Å². The Balaban J connectivity index is 0. The Hall–Kier alpha value is -0.490. The summed E-state index contributed by atoms with van der Waals surface area (Å²) in [5.41, 5.74) is 1.13. The molecule has 0 aliphatic rings. The van der Waals surface area contributed by atoms with Gasteiger partial charge in [-0.2, -0.15) is 0 Å². The molecule has 1 aromatic rings. The van der Waals surface area contributed by atoms with Crippen LogP contribution in [0.5, 0.6) is 0 Å². The molecule has 1 rings (SSSR count). The van der Waals surface area contributed by atoms with Gasteiger partial charge in [-0.3, -0.25) is 0 Å². The van der Waals surface area contributed by atoms with Crippen molar-refractivity contribution in [3.8, 4) is 0 Å². The molecule has 0 amide bonds. The van der Waals surface area contributed by atoms with E-state index in [1.807, 2.05) is 58.9 Å². The van der Waals surface area contributed by atoms with E-state index in [9.17, 15) is 0 Å². The molecule has 0 bridgehead atoms. The lowest BCUT2D eigenvalue weighted by Gasteiger charge is -1.90. The van der Waals surface area contributed by atoms with Crippen LogP contribution in [0.2, 0.25) is 5.02 Å². The average Bonchev–Trinajstić information content (AvgIpc) is 2.17. The Morgan fingerprint density at radius 1 is 0.917 bits per heavy atom. The number of hydrogen-bond donors (Lipinski definition) is 0. The van der Waals surface area contributed by atoms with Crippen LogP contribution >= 0.6 is 11.6 Å². The van der Waals surface area contributed by atoms with E-state index in [0.29, 0.717) is 0 Å². The molecular formula is C11H19Cl. The van der Waals surface area contributed by atoms with Crippen molar-refractivity contribution in [2.24, 2.45) is 0 Å². The molecule has 12 heavy (non-hydrogen) atoms. The van der Waals surface area contributed by atoms with Crippen molar-refractivity contribution < 1.29 is 0 Å². The maximum absolute atomic E-state index is 5.71. The normalized spacial score (nSPS) is 7.17. The molecule has 0 saturated carbocycles. The highest BCUT2D eigenvalue weighted by molar-refractivity contribution is 6.31. The quantitative estimate of drug-likeness (QED) is 0.551. The third-order valence-electron chi connectivity index (χ3n) is 1.08. The van der Waals surface area contributed by atoms with Crippen molar-refractivity contribution in [1.82, 2.24) is 0 Å². The Kier molecular flexibility index (Phi) is 12.3. The van der Waals surface area contributed by atoms with Crippen LogP contribution in [0.1, 0.15) is 33.3 Å². The Morgan fingerprint density at radius 3 is 1.58 bits per heavy atom. The standard InChI is InChI=1S/C7H7Cl.2C2H6/c1-6-4-2-3-5-7(6)8;2*1-2/h2-5H,1H3;2*1-2H3. The van der Waals surface area contributed by atoms with E-state index < -0.39 is 0 Å². The third-order valence-corrected chi connectivity index (χ3v) is 1.50. The maximum Gasteiger partial charge on any atom is 0.0435 e. The van der Waals surface area contributed by atoms with Crippen molar-refractivity contribution in [3.05, 3.63) is 34.9 Å². The largest absolute Gasteiger partial charge is 0.0841 e. The van der Waals surface area contributed by atoms with Crippen LogP contribution in [0.3, 0.4) is 0 Å². The number of halogens is 1. The fourth-order valence-corrected chi connectivity index (χ4v) is 0.687. The fraction of sp³-hybridized carbons (Fsp3) is 0.455.